The first-order valence-electron chi connectivity index (χ1n) is 5.72. The van der Waals surface area contributed by atoms with Gasteiger partial charge in [-0.25, -0.2) is 0 Å². The van der Waals surface area contributed by atoms with Gasteiger partial charge in [0.2, 0.25) is 0 Å². The normalized spacial score (nSPS) is 14.1. The molecule has 0 amide bonds. The minimum absolute atomic E-state index is 0.0519. The molecule has 2 atom stereocenters. The molecule has 100 valence electrons. The number of rotatable bonds is 7. The predicted molar refractivity (Wildman–Crippen MR) is 68.8 cm³/mol. The molecule has 0 aliphatic rings. The predicted octanol–water partition coefficient (Wildman–Crippen LogP) is 1.36. The molecule has 0 radical (unpaired) electrons. The maximum absolute atomic E-state index is 11.1. The summed E-state index contributed by atoms with van der Waals surface area (Å²) in [5.74, 6) is -2.92. The molecule has 0 spiro atoms. The highest BCUT2D eigenvalue weighted by molar-refractivity contribution is 7.10. The van der Waals surface area contributed by atoms with Crippen molar-refractivity contribution in [3.05, 3.63) is 21.9 Å². The summed E-state index contributed by atoms with van der Waals surface area (Å²) in [5, 5.41) is 19.8. The fourth-order valence-electron chi connectivity index (χ4n) is 1.80. The monoisotopic (exact) mass is 271 g/mol. The summed E-state index contributed by atoms with van der Waals surface area (Å²) in [4.78, 5) is 22.9. The second kappa shape index (κ2) is 6.51. The van der Waals surface area contributed by atoms with E-state index in [0.717, 1.165) is 16.9 Å². The number of aryl methyl sites for hydroxylation is 1. The number of hydrogen-bond donors (Lipinski definition) is 3. The topological polar surface area (TPSA) is 101 Å². The summed E-state index contributed by atoms with van der Waals surface area (Å²) in [6, 6.07) is 0.765. The van der Waals surface area contributed by atoms with Crippen LogP contribution in [0.15, 0.2) is 11.4 Å². The highest BCUT2D eigenvalue weighted by Gasteiger charge is 2.25. The standard InChI is InChI=1S/C12H17NO4S/c1-2-10-7(3-4-18-10)5-8(11(14)15)6-9(13)12(16)17/h3-4,8-9H,2,5-6,13H2,1H3,(H,14,15)(H,16,17). The van der Waals surface area contributed by atoms with Gasteiger partial charge in [-0.3, -0.25) is 9.59 Å². The average Bonchev–Trinajstić information content (AvgIpc) is 2.74. The molecule has 18 heavy (non-hydrogen) atoms. The van der Waals surface area contributed by atoms with Gasteiger partial charge in [0, 0.05) is 4.88 Å². The van der Waals surface area contributed by atoms with Crippen LogP contribution in [-0.4, -0.2) is 28.2 Å². The Hall–Kier alpha value is -1.40. The fourth-order valence-corrected chi connectivity index (χ4v) is 2.67. The lowest BCUT2D eigenvalue weighted by molar-refractivity contribution is -0.143. The van der Waals surface area contributed by atoms with Crippen LogP contribution >= 0.6 is 11.3 Å². The highest BCUT2D eigenvalue weighted by Crippen LogP contribution is 2.22. The molecule has 0 saturated carbocycles. The molecule has 0 aliphatic heterocycles. The summed E-state index contributed by atoms with van der Waals surface area (Å²) >= 11 is 1.59. The summed E-state index contributed by atoms with van der Waals surface area (Å²) in [6.45, 7) is 2.01. The van der Waals surface area contributed by atoms with Crippen LogP contribution in [0.5, 0.6) is 0 Å². The van der Waals surface area contributed by atoms with Crippen molar-refractivity contribution in [1.82, 2.24) is 0 Å². The van der Waals surface area contributed by atoms with Gasteiger partial charge >= 0.3 is 11.9 Å². The van der Waals surface area contributed by atoms with Crippen molar-refractivity contribution in [3.8, 4) is 0 Å². The largest absolute Gasteiger partial charge is 0.481 e. The molecule has 0 fully saturated rings. The summed E-state index contributed by atoms with van der Waals surface area (Å²) < 4.78 is 0. The lowest BCUT2D eigenvalue weighted by Gasteiger charge is -2.15. The van der Waals surface area contributed by atoms with Gasteiger partial charge in [-0.05, 0) is 36.3 Å². The molecule has 1 aromatic heterocycles. The van der Waals surface area contributed by atoms with E-state index in [9.17, 15) is 9.59 Å². The number of carboxylic acid groups (broad SMARTS) is 2. The lowest BCUT2D eigenvalue weighted by atomic mass is 9.93. The van der Waals surface area contributed by atoms with Gasteiger partial charge in [-0.1, -0.05) is 6.92 Å². The fraction of sp³-hybridized carbons (Fsp3) is 0.500. The van der Waals surface area contributed by atoms with E-state index in [1.54, 1.807) is 11.3 Å². The minimum atomic E-state index is -1.16. The molecule has 1 rings (SSSR count). The molecular formula is C12H17NO4S. The second-order valence-corrected chi connectivity index (χ2v) is 5.14. The molecule has 0 aromatic carbocycles. The summed E-state index contributed by atoms with van der Waals surface area (Å²) in [5.41, 5.74) is 6.37. The van der Waals surface area contributed by atoms with Gasteiger partial charge in [0.1, 0.15) is 6.04 Å². The Morgan fingerprint density at radius 1 is 1.39 bits per heavy atom. The Labute approximate surface area is 109 Å². The van der Waals surface area contributed by atoms with Crippen molar-refractivity contribution in [3.63, 3.8) is 0 Å². The zero-order chi connectivity index (χ0) is 13.7. The van der Waals surface area contributed by atoms with Crippen molar-refractivity contribution >= 4 is 23.3 Å². The first-order chi connectivity index (χ1) is 8.45. The van der Waals surface area contributed by atoms with E-state index < -0.39 is 23.9 Å². The van der Waals surface area contributed by atoms with Crippen molar-refractivity contribution in [1.29, 1.82) is 0 Å². The quantitative estimate of drug-likeness (QED) is 0.695. The summed E-state index contributed by atoms with van der Waals surface area (Å²) in [6.07, 6.45) is 1.14. The Kier molecular flexibility index (Phi) is 5.30. The number of nitrogens with two attached hydrogens (primary N) is 1. The third-order valence-electron chi connectivity index (χ3n) is 2.83. The van der Waals surface area contributed by atoms with Gasteiger partial charge in [0.25, 0.3) is 0 Å². The smallest absolute Gasteiger partial charge is 0.320 e. The molecule has 6 heteroatoms. The van der Waals surface area contributed by atoms with E-state index >= 15 is 0 Å². The SMILES string of the molecule is CCc1sccc1CC(CC(N)C(=O)O)C(=O)O. The zero-order valence-electron chi connectivity index (χ0n) is 10.1. The van der Waals surface area contributed by atoms with Crippen LogP contribution in [-0.2, 0) is 22.4 Å². The van der Waals surface area contributed by atoms with Gasteiger partial charge in [0.05, 0.1) is 5.92 Å². The molecule has 0 saturated heterocycles. The van der Waals surface area contributed by atoms with Gasteiger partial charge in [-0.15, -0.1) is 11.3 Å². The maximum atomic E-state index is 11.1. The third-order valence-corrected chi connectivity index (χ3v) is 3.94. The molecular weight excluding hydrogens is 254 g/mol. The van der Waals surface area contributed by atoms with E-state index in [-0.39, 0.29) is 6.42 Å². The van der Waals surface area contributed by atoms with E-state index in [0.29, 0.717) is 6.42 Å². The van der Waals surface area contributed by atoms with Crippen LogP contribution in [0.4, 0.5) is 0 Å². The highest BCUT2D eigenvalue weighted by atomic mass is 32.1. The van der Waals surface area contributed by atoms with Crippen LogP contribution in [0.3, 0.4) is 0 Å². The molecule has 1 heterocycles. The Morgan fingerprint density at radius 3 is 2.56 bits per heavy atom. The van der Waals surface area contributed by atoms with Crippen LogP contribution in [0.1, 0.15) is 23.8 Å². The van der Waals surface area contributed by atoms with E-state index in [4.69, 9.17) is 15.9 Å². The number of carboxylic acids is 2. The Morgan fingerprint density at radius 2 is 2.06 bits per heavy atom. The third kappa shape index (κ3) is 3.82. The molecule has 4 N–H and O–H groups in total. The van der Waals surface area contributed by atoms with Crippen molar-refractivity contribution in [2.45, 2.75) is 32.2 Å². The van der Waals surface area contributed by atoms with Crippen molar-refractivity contribution in [2.24, 2.45) is 11.7 Å². The number of hydrogen-bond acceptors (Lipinski definition) is 4. The van der Waals surface area contributed by atoms with Crippen molar-refractivity contribution < 1.29 is 19.8 Å². The number of thiophene rings is 1. The maximum Gasteiger partial charge on any atom is 0.320 e. The van der Waals surface area contributed by atoms with Crippen LogP contribution in [0.25, 0.3) is 0 Å². The van der Waals surface area contributed by atoms with E-state index in [2.05, 4.69) is 0 Å². The molecule has 2 unspecified atom stereocenters. The molecule has 0 bridgehead atoms. The second-order valence-electron chi connectivity index (χ2n) is 4.14. The van der Waals surface area contributed by atoms with Gasteiger partial charge < -0.3 is 15.9 Å². The minimum Gasteiger partial charge on any atom is -0.481 e. The molecule has 1 aromatic rings. The number of aliphatic carboxylic acids is 2. The Bertz CT molecular complexity index is 429. The van der Waals surface area contributed by atoms with E-state index in [1.807, 2.05) is 18.4 Å². The summed E-state index contributed by atoms with van der Waals surface area (Å²) in [7, 11) is 0. The first kappa shape index (κ1) is 14.7. The molecule has 0 aliphatic carbocycles. The van der Waals surface area contributed by atoms with E-state index in [1.165, 1.54) is 0 Å². The Balaban J connectivity index is 2.75. The molecule has 5 nitrogen and oxygen atoms in total. The van der Waals surface area contributed by atoms with Gasteiger partial charge in [-0.2, -0.15) is 0 Å². The lowest BCUT2D eigenvalue weighted by Crippen LogP contribution is -2.35. The zero-order valence-corrected chi connectivity index (χ0v) is 10.9. The van der Waals surface area contributed by atoms with Crippen LogP contribution in [0, 0.1) is 5.92 Å². The van der Waals surface area contributed by atoms with Crippen LogP contribution in [0.2, 0.25) is 0 Å². The number of carbonyl (C=O) groups is 2. The first-order valence-corrected chi connectivity index (χ1v) is 6.60. The van der Waals surface area contributed by atoms with Crippen LogP contribution < -0.4 is 5.73 Å². The van der Waals surface area contributed by atoms with Crippen molar-refractivity contribution in [2.75, 3.05) is 0 Å². The average molecular weight is 271 g/mol. The van der Waals surface area contributed by atoms with Gasteiger partial charge in [0.15, 0.2) is 0 Å².